The van der Waals surface area contributed by atoms with E-state index in [0.29, 0.717) is 25.1 Å². The van der Waals surface area contributed by atoms with Gasteiger partial charge in [-0.1, -0.05) is 19.1 Å². The Hall–Kier alpha value is -1.99. The largest absolute Gasteiger partial charge is 0.459 e. The average molecular weight is 365 g/mol. The van der Waals surface area contributed by atoms with Crippen LogP contribution in [0.1, 0.15) is 33.6 Å². The molecule has 0 saturated carbocycles. The number of cyclic esters (lactones) is 1. The lowest BCUT2D eigenvalue weighted by Gasteiger charge is -2.31. The second kappa shape index (κ2) is 8.14. The van der Waals surface area contributed by atoms with Gasteiger partial charge in [-0.15, -0.1) is 0 Å². The summed E-state index contributed by atoms with van der Waals surface area (Å²) in [5.41, 5.74) is -1.19. The van der Waals surface area contributed by atoms with Crippen LogP contribution in [-0.2, 0) is 23.9 Å². The number of carbonyl (C=O) groups is 3. The highest BCUT2D eigenvalue weighted by Gasteiger charge is 2.40. The summed E-state index contributed by atoms with van der Waals surface area (Å²) >= 11 is 0. The van der Waals surface area contributed by atoms with Crippen LogP contribution in [0.2, 0.25) is 0 Å². The summed E-state index contributed by atoms with van der Waals surface area (Å²) < 4.78 is 10.7. The topological polar surface area (TPSA) is 93.1 Å². The number of carbonyl (C=O) groups excluding carboxylic acids is 3. The molecule has 0 aliphatic carbocycles. The number of Topliss-reactive ketones (excluding diaryl/α,β-unsaturated/α-hetero) is 1. The molecular formula is C19H27NO6. The lowest BCUT2D eigenvalue weighted by atomic mass is 9.85. The summed E-state index contributed by atoms with van der Waals surface area (Å²) in [7, 11) is 1.89. The number of ether oxygens (including phenoxy) is 2. The third kappa shape index (κ3) is 4.40. The molecule has 0 aromatic carbocycles. The molecule has 0 aromatic rings. The molecular weight excluding hydrogens is 338 g/mol. The molecule has 2 heterocycles. The van der Waals surface area contributed by atoms with Gasteiger partial charge < -0.3 is 19.5 Å². The van der Waals surface area contributed by atoms with E-state index in [-0.39, 0.29) is 24.4 Å². The van der Waals surface area contributed by atoms with Crippen molar-refractivity contribution in [3.05, 3.63) is 23.3 Å². The molecule has 1 saturated heterocycles. The van der Waals surface area contributed by atoms with E-state index in [0.717, 1.165) is 0 Å². The maximum Gasteiger partial charge on any atom is 0.338 e. The Morgan fingerprint density at radius 1 is 1.35 bits per heavy atom. The number of ketones is 1. The van der Waals surface area contributed by atoms with Gasteiger partial charge in [0.05, 0.1) is 0 Å². The lowest BCUT2D eigenvalue weighted by Crippen LogP contribution is -2.45. The Kier molecular flexibility index (Phi) is 6.36. The molecule has 2 aliphatic rings. The van der Waals surface area contributed by atoms with Gasteiger partial charge in [-0.3, -0.25) is 4.79 Å². The molecule has 2 aliphatic heterocycles. The van der Waals surface area contributed by atoms with Gasteiger partial charge in [-0.25, -0.2) is 9.59 Å². The number of hydrogen-bond acceptors (Lipinski definition) is 7. The lowest BCUT2D eigenvalue weighted by molar-refractivity contribution is -0.169. The van der Waals surface area contributed by atoms with E-state index >= 15 is 0 Å². The Labute approximate surface area is 153 Å². The summed E-state index contributed by atoms with van der Waals surface area (Å²) in [4.78, 5) is 39.7. The number of nitrogens with zero attached hydrogens (tertiary/aromatic N) is 1. The molecule has 1 fully saturated rings. The first-order valence-electron chi connectivity index (χ1n) is 8.84. The van der Waals surface area contributed by atoms with Crippen LogP contribution < -0.4 is 0 Å². The highest BCUT2D eigenvalue weighted by Crippen LogP contribution is 2.27. The molecule has 0 radical (unpaired) electrons. The smallest absolute Gasteiger partial charge is 0.338 e. The molecule has 0 spiro atoms. The van der Waals surface area contributed by atoms with Crippen molar-refractivity contribution >= 4 is 17.7 Å². The molecule has 0 amide bonds. The average Bonchev–Trinajstić information content (AvgIpc) is 2.59. The van der Waals surface area contributed by atoms with Gasteiger partial charge in [0.15, 0.2) is 11.7 Å². The van der Waals surface area contributed by atoms with Gasteiger partial charge in [0.1, 0.15) is 6.61 Å². The van der Waals surface area contributed by atoms with E-state index in [1.165, 1.54) is 6.92 Å². The highest BCUT2D eigenvalue weighted by molar-refractivity contribution is 6.01. The molecule has 0 aromatic heterocycles. The number of likely N-dealkylation sites (N-methyl/N-ethyl adjacent to an activating group) is 1. The predicted molar refractivity (Wildman–Crippen MR) is 94.2 cm³/mol. The summed E-state index contributed by atoms with van der Waals surface area (Å²) in [5.74, 6) is -2.32. The van der Waals surface area contributed by atoms with Crippen LogP contribution in [0, 0.1) is 5.92 Å². The minimum atomic E-state index is -1.78. The fourth-order valence-corrected chi connectivity index (χ4v) is 2.92. The van der Waals surface area contributed by atoms with Crippen molar-refractivity contribution in [3.8, 4) is 0 Å². The Balaban J connectivity index is 2.42. The number of aliphatic hydroxyl groups is 1. The number of hydrogen-bond donors (Lipinski definition) is 1. The number of fused-ring (bicyclic) bond motifs is 2. The number of allylic oxidation sites excluding steroid dienone is 1. The highest BCUT2D eigenvalue weighted by atomic mass is 16.6. The van der Waals surface area contributed by atoms with E-state index in [9.17, 15) is 19.5 Å². The van der Waals surface area contributed by atoms with Gasteiger partial charge in [-0.2, -0.15) is 0 Å². The molecule has 7 nitrogen and oxygen atoms in total. The van der Waals surface area contributed by atoms with Crippen molar-refractivity contribution in [2.75, 3.05) is 26.7 Å². The Bertz CT molecular complexity index is 648. The van der Waals surface area contributed by atoms with Crippen molar-refractivity contribution in [3.63, 3.8) is 0 Å². The molecule has 3 atom stereocenters. The summed E-state index contributed by atoms with van der Waals surface area (Å²) in [6, 6.07) is 0. The van der Waals surface area contributed by atoms with E-state index in [1.807, 2.05) is 11.9 Å². The predicted octanol–water partition coefficient (Wildman–Crippen LogP) is 1.01. The normalized spacial score (nSPS) is 36.0. The number of esters is 2. The van der Waals surface area contributed by atoms with Crippen LogP contribution in [0.5, 0.6) is 0 Å². The SMILES string of the molecule is C/C=C1\CC(C)C(C)(O)C(=O)OC/C2=C/CN(C)CCC(OC1=O)C2=O. The summed E-state index contributed by atoms with van der Waals surface area (Å²) in [6.07, 6.45) is 2.86. The van der Waals surface area contributed by atoms with Crippen LogP contribution in [0.4, 0.5) is 0 Å². The van der Waals surface area contributed by atoms with Crippen LogP contribution >= 0.6 is 0 Å². The van der Waals surface area contributed by atoms with E-state index in [2.05, 4.69) is 0 Å². The van der Waals surface area contributed by atoms with Crippen LogP contribution in [0.25, 0.3) is 0 Å². The second-order valence-electron chi connectivity index (χ2n) is 7.18. The van der Waals surface area contributed by atoms with Crippen LogP contribution in [-0.4, -0.2) is 66.2 Å². The Morgan fingerprint density at radius 3 is 2.69 bits per heavy atom. The molecule has 2 bridgehead atoms. The van der Waals surface area contributed by atoms with Gasteiger partial charge in [0.2, 0.25) is 5.78 Å². The zero-order chi connectivity index (χ0) is 19.5. The van der Waals surface area contributed by atoms with Crippen LogP contribution in [0.15, 0.2) is 23.3 Å². The fraction of sp³-hybridized carbons (Fsp3) is 0.632. The first kappa shape index (κ1) is 20.3. The maximum absolute atomic E-state index is 12.8. The monoisotopic (exact) mass is 365 g/mol. The fourth-order valence-electron chi connectivity index (χ4n) is 2.92. The third-order valence-electron chi connectivity index (χ3n) is 5.15. The molecule has 7 heteroatoms. The minimum Gasteiger partial charge on any atom is -0.459 e. The third-order valence-corrected chi connectivity index (χ3v) is 5.15. The van der Waals surface area contributed by atoms with Crippen molar-refractivity contribution in [1.29, 1.82) is 0 Å². The second-order valence-corrected chi connectivity index (χ2v) is 7.18. The van der Waals surface area contributed by atoms with Crippen molar-refractivity contribution in [2.45, 2.75) is 45.3 Å². The van der Waals surface area contributed by atoms with E-state index in [1.54, 1.807) is 26.0 Å². The first-order chi connectivity index (χ1) is 12.2. The maximum atomic E-state index is 12.8. The summed E-state index contributed by atoms with van der Waals surface area (Å²) in [6.45, 7) is 5.58. The zero-order valence-corrected chi connectivity index (χ0v) is 15.8. The van der Waals surface area contributed by atoms with Gasteiger partial charge in [0.25, 0.3) is 0 Å². The van der Waals surface area contributed by atoms with Gasteiger partial charge >= 0.3 is 11.9 Å². The van der Waals surface area contributed by atoms with Crippen molar-refractivity contribution < 1.29 is 29.0 Å². The molecule has 2 rings (SSSR count). The van der Waals surface area contributed by atoms with E-state index in [4.69, 9.17) is 9.47 Å². The molecule has 1 N–H and O–H groups in total. The molecule has 144 valence electrons. The van der Waals surface area contributed by atoms with Crippen molar-refractivity contribution in [2.24, 2.45) is 5.92 Å². The Morgan fingerprint density at radius 2 is 2.04 bits per heavy atom. The number of rotatable bonds is 0. The minimum absolute atomic E-state index is 0.140. The van der Waals surface area contributed by atoms with Crippen LogP contribution in [0.3, 0.4) is 0 Å². The standard InChI is InChI=1S/C19H27NO6/c1-5-13-10-12(2)19(3,24)18(23)25-11-14-6-8-20(4)9-7-15(16(14)21)26-17(13)22/h5-6,12,15,24H,7-11H2,1-4H3/b13-5+,14-6-. The van der Waals surface area contributed by atoms with Gasteiger partial charge in [-0.05, 0) is 33.2 Å². The first-order valence-corrected chi connectivity index (χ1v) is 8.84. The molecule has 26 heavy (non-hydrogen) atoms. The zero-order valence-electron chi connectivity index (χ0n) is 15.8. The van der Waals surface area contributed by atoms with Crippen molar-refractivity contribution in [1.82, 2.24) is 4.90 Å². The van der Waals surface area contributed by atoms with E-state index < -0.39 is 29.6 Å². The quantitative estimate of drug-likeness (QED) is 0.506. The molecule has 3 unspecified atom stereocenters. The summed E-state index contributed by atoms with van der Waals surface area (Å²) in [5, 5.41) is 10.6. The van der Waals surface area contributed by atoms with Gasteiger partial charge in [0, 0.05) is 30.7 Å².